The fraction of sp³-hybridized carbons (Fsp3) is 0.0189. The Balaban J connectivity index is 1.18. The molecule has 4 heterocycles. The molecular weight excluding hydrogens is 707 g/mol. The molecule has 0 aliphatic carbocycles. The van der Waals surface area contributed by atoms with E-state index in [2.05, 4.69) is 190 Å². The summed E-state index contributed by atoms with van der Waals surface area (Å²) in [7, 11) is 0. The van der Waals surface area contributed by atoms with Gasteiger partial charge in [0.25, 0.3) is 0 Å². The van der Waals surface area contributed by atoms with Gasteiger partial charge in [-0.1, -0.05) is 134 Å². The number of nitrogens with zero attached hydrogens (tertiary/aromatic N) is 5. The van der Waals surface area contributed by atoms with Crippen molar-refractivity contribution in [2.24, 2.45) is 0 Å². The van der Waals surface area contributed by atoms with Gasteiger partial charge < -0.3 is 9.13 Å². The highest BCUT2D eigenvalue weighted by atomic mass is 15.2. The predicted molar refractivity (Wildman–Crippen MR) is 244 cm³/mol. The molecule has 0 saturated carbocycles. The highest BCUT2D eigenvalue weighted by Gasteiger charge is 2.22. The van der Waals surface area contributed by atoms with Crippen LogP contribution in [0, 0.1) is 0 Å². The molecule has 4 aromatic heterocycles. The van der Waals surface area contributed by atoms with Gasteiger partial charge in [0.2, 0.25) is 5.95 Å². The summed E-state index contributed by atoms with van der Waals surface area (Å²) in [4.78, 5) is 10.5. The molecule has 5 nitrogen and oxygen atoms in total. The zero-order valence-corrected chi connectivity index (χ0v) is 31.9. The van der Waals surface area contributed by atoms with Crippen LogP contribution in [0.4, 0.5) is 0 Å². The Morgan fingerprint density at radius 3 is 1.66 bits per heavy atom. The highest BCUT2D eigenvalue weighted by Crippen LogP contribution is 2.43. The van der Waals surface area contributed by atoms with Crippen LogP contribution in [0.2, 0.25) is 0 Å². The normalized spacial score (nSPS) is 12.3. The standard InChI is InChI=1S/C53H37N5/c1-3-5-22-37(4-2)56-46-27-16-13-24-40(46)51-49(56)31-32-50-52(51)41-25-14-17-28-47(41)57(50)38-29-30-48-42(33-38)39-23-12-15-26-45(39)58(48)53-54-43(35-18-8-6-9-19-35)34-44(55-53)36-20-10-7-11-21-36/h3-34H,2H2,1H3/b5-3-,37-22+. The lowest BCUT2D eigenvalue weighted by Gasteiger charge is -2.12. The minimum absolute atomic E-state index is 0.636. The topological polar surface area (TPSA) is 40.6 Å². The third-order valence-electron chi connectivity index (χ3n) is 11.4. The van der Waals surface area contributed by atoms with Gasteiger partial charge in [-0.2, -0.15) is 0 Å². The Morgan fingerprint density at radius 1 is 0.483 bits per heavy atom. The first-order valence-corrected chi connectivity index (χ1v) is 19.7. The van der Waals surface area contributed by atoms with Crippen molar-refractivity contribution in [3.8, 4) is 34.2 Å². The van der Waals surface area contributed by atoms with Gasteiger partial charge in [0.1, 0.15) is 0 Å². The van der Waals surface area contributed by atoms with E-state index in [1.54, 1.807) is 0 Å². The first kappa shape index (κ1) is 33.6. The third-order valence-corrected chi connectivity index (χ3v) is 11.4. The Labute approximate surface area is 335 Å². The summed E-state index contributed by atoms with van der Waals surface area (Å²) < 4.78 is 6.98. The second-order valence-electron chi connectivity index (χ2n) is 14.6. The third kappa shape index (κ3) is 5.10. The van der Waals surface area contributed by atoms with Crippen LogP contribution in [0.5, 0.6) is 0 Å². The minimum Gasteiger partial charge on any atom is -0.309 e. The van der Waals surface area contributed by atoms with Crippen molar-refractivity contribution in [3.63, 3.8) is 0 Å². The summed E-state index contributed by atoms with van der Waals surface area (Å²) in [6.45, 7) is 6.24. The molecule has 11 rings (SSSR count). The molecule has 0 radical (unpaired) electrons. The summed E-state index contributed by atoms with van der Waals surface area (Å²) in [5, 5.41) is 7.18. The Hall–Kier alpha value is -7.76. The largest absolute Gasteiger partial charge is 0.309 e. The van der Waals surface area contributed by atoms with Gasteiger partial charge in [-0.3, -0.25) is 4.57 Å². The van der Waals surface area contributed by atoms with Gasteiger partial charge in [0.05, 0.1) is 44.5 Å². The van der Waals surface area contributed by atoms with E-state index in [9.17, 15) is 0 Å². The van der Waals surface area contributed by atoms with Gasteiger partial charge in [0.15, 0.2) is 0 Å². The first-order valence-electron chi connectivity index (χ1n) is 19.7. The van der Waals surface area contributed by atoms with Crippen molar-refractivity contribution in [1.82, 2.24) is 23.7 Å². The SMILES string of the molecule is C=C/C(=C\C=C/C)n1c2ccccc2c2c3c4ccccc4n(-c4ccc5c(c4)c4ccccc4n5-c4nc(-c5ccccc5)cc(-c5ccccc5)n4)c3ccc21. The molecule has 58 heavy (non-hydrogen) atoms. The number of para-hydroxylation sites is 3. The van der Waals surface area contributed by atoms with Gasteiger partial charge in [-0.25, -0.2) is 9.97 Å². The monoisotopic (exact) mass is 743 g/mol. The summed E-state index contributed by atoms with van der Waals surface area (Å²) in [5.74, 6) is 0.636. The maximum absolute atomic E-state index is 5.25. The molecule has 0 N–H and O–H groups in total. The predicted octanol–water partition coefficient (Wildman–Crippen LogP) is 13.7. The van der Waals surface area contributed by atoms with Gasteiger partial charge in [0, 0.05) is 54.8 Å². The van der Waals surface area contributed by atoms with Crippen molar-refractivity contribution in [2.45, 2.75) is 6.92 Å². The number of rotatable bonds is 7. The lowest BCUT2D eigenvalue weighted by atomic mass is 10.1. The Kier molecular flexibility index (Phi) is 7.79. The van der Waals surface area contributed by atoms with E-state index in [1.165, 1.54) is 21.5 Å². The van der Waals surface area contributed by atoms with Crippen LogP contribution in [0.25, 0.3) is 105 Å². The van der Waals surface area contributed by atoms with Crippen LogP contribution in [0.3, 0.4) is 0 Å². The zero-order chi connectivity index (χ0) is 38.7. The molecule has 0 fully saturated rings. The number of allylic oxidation sites excluding steroid dienone is 5. The molecule has 0 aliphatic rings. The average Bonchev–Trinajstić information content (AvgIpc) is 3.93. The van der Waals surface area contributed by atoms with Crippen LogP contribution in [0.15, 0.2) is 201 Å². The second kappa shape index (κ2) is 13.5. The van der Waals surface area contributed by atoms with E-state index >= 15 is 0 Å². The van der Waals surface area contributed by atoms with Crippen LogP contribution >= 0.6 is 0 Å². The summed E-state index contributed by atoms with van der Waals surface area (Å²) in [6, 6.07) is 60.3. The summed E-state index contributed by atoms with van der Waals surface area (Å²) in [6.07, 6.45) is 8.19. The van der Waals surface area contributed by atoms with Crippen molar-refractivity contribution in [3.05, 3.63) is 201 Å². The molecule has 0 amide bonds. The van der Waals surface area contributed by atoms with E-state index in [1.807, 2.05) is 31.2 Å². The number of benzene rings is 7. The quantitative estimate of drug-likeness (QED) is 0.153. The smallest absolute Gasteiger partial charge is 0.235 e. The van der Waals surface area contributed by atoms with E-state index in [0.717, 1.165) is 77.8 Å². The average molecular weight is 744 g/mol. The molecule has 0 saturated heterocycles. The van der Waals surface area contributed by atoms with E-state index in [4.69, 9.17) is 9.97 Å². The van der Waals surface area contributed by atoms with E-state index in [-0.39, 0.29) is 0 Å². The molecule has 0 unspecified atom stereocenters. The fourth-order valence-electron chi connectivity index (χ4n) is 8.87. The lowest BCUT2D eigenvalue weighted by molar-refractivity contribution is 0.995. The van der Waals surface area contributed by atoms with Crippen molar-refractivity contribution < 1.29 is 0 Å². The summed E-state index contributed by atoms with van der Waals surface area (Å²) in [5.41, 5.74) is 12.7. The molecular formula is C53H37N5. The minimum atomic E-state index is 0.636. The Bertz CT molecular complexity index is 3410. The number of hydrogen-bond acceptors (Lipinski definition) is 2. The van der Waals surface area contributed by atoms with Gasteiger partial charge in [-0.15, -0.1) is 0 Å². The maximum atomic E-state index is 5.25. The van der Waals surface area contributed by atoms with E-state index < -0.39 is 0 Å². The Morgan fingerprint density at radius 2 is 1.00 bits per heavy atom. The molecule has 0 bridgehead atoms. The van der Waals surface area contributed by atoms with E-state index in [0.29, 0.717) is 5.95 Å². The van der Waals surface area contributed by atoms with Crippen LogP contribution in [-0.2, 0) is 0 Å². The van der Waals surface area contributed by atoms with Crippen molar-refractivity contribution in [1.29, 1.82) is 0 Å². The first-order chi connectivity index (χ1) is 28.7. The fourth-order valence-corrected chi connectivity index (χ4v) is 8.87. The van der Waals surface area contributed by atoms with Crippen LogP contribution in [-0.4, -0.2) is 23.7 Å². The van der Waals surface area contributed by atoms with Crippen LogP contribution in [0.1, 0.15) is 6.92 Å². The molecule has 7 aromatic carbocycles. The number of hydrogen-bond donors (Lipinski definition) is 0. The maximum Gasteiger partial charge on any atom is 0.235 e. The highest BCUT2D eigenvalue weighted by molar-refractivity contribution is 6.29. The lowest BCUT2D eigenvalue weighted by Crippen LogP contribution is -2.04. The van der Waals surface area contributed by atoms with Crippen LogP contribution < -0.4 is 0 Å². The molecule has 5 heteroatoms. The molecule has 0 atom stereocenters. The second-order valence-corrected chi connectivity index (χ2v) is 14.6. The molecule has 0 aliphatic heterocycles. The molecule has 0 spiro atoms. The molecule has 11 aromatic rings. The van der Waals surface area contributed by atoms with Gasteiger partial charge >= 0.3 is 0 Å². The number of fused-ring (bicyclic) bond motifs is 10. The zero-order valence-electron chi connectivity index (χ0n) is 31.9. The van der Waals surface area contributed by atoms with Crippen molar-refractivity contribution >= 4 is 71.1 Å². The number of aromatic nitrogens is 5. The van der Waals surface area contributed by atoms with Crippen molar-refractivity contribution in [2.75, 3.05) is 0 Å². The van der Waals surface area contributed by atoms with Gasteiger partial charge in [-0.05, 0) is 73.7 Å². The molecule has 274 valence electrons. The summed E-state index contributed by atoms with van der Waals surface area (Å²) >= 11 is 0.